The number of ether oxygens (including phenoxy) is 4. The SMILES string of the molecule is CCC[C@H](CO)Cc1occc1[C@@H]1OC(=O)[C@H]2O[C@]23[C@]2(C)[C@H](O)C(=O)[C@H]4[C@@]5(COC(=O)C[C@@H]5O[C@@]4(C)CCC(C)C)[C@H]2CC[C@@]13C. The minimum atomic E-state index is -1.42. The largest absolute Gasteiger partial charge is 0.469 e. The molecule has 10 nitrogen and oxygen atoms in total. The summed E-state index contributed by atoms with van der Waals surface area (Å²) < 4.78 is 31.4. The maximum atomic E-state index is 14.8. The maximum absolute atomic E-state index is 14.8. The van der Waals surface area contributed by atoms with E-state index in [2.05, 4.69) is 27.7 Å². The van der Waals surface area contributed by atoms with Gasteiger partial charge in [-0.25, -0.2) is 4.79 Å². The molecule has 12 atom stereocenters. The van der Waals surface area contributed by atoms with Gasteiger partial charge in [-0.05, 0) is 62.8 Å². The molecular weight excluding hydrogens is 592 g/mol. The molecular formula is C36H50O10. The standard InChI is InChI=1S/C36H50O10/c1-7-8-20(17-37)15-22-21(11-14-42-22)29-32(4)12-10-23-34(6,36(32)30(46-36)31(41)44-29)28(40)26(39)27-33(5,13-9-19(2)3)45-24-16-25(38)43-18-35(23,24)27/h11,14,19-20,23-24,27-30,37,40H,7-10,12-13,15-18H2,1-6H3/t20-,23-,24-,27+,28+,29-,30+,32-,33-,34-,35-,36+/m0/s1. The van der Waals surface area contributed by atoms with Gasteiger partial charge in [0.25, 0.3) is 0 Å². The lowest BCUT2D eigenvalue weighted by molar-refractivity contribution is -0.252. The molecule has 5 heterocycles. The second kappa shape index (κ2) is 10.6. The van der Waals surface area contributed by atoms with Crippen molar-refractivity contribution in [2.24, 2.45) is 39.9 Å². The van der Waals surface area contributed by atoms with Gasteiger partial charge in [-0.1, -0.05) is 41.0 Å². The molecule has 1 aromatic heterocycles. The molecule has 6 aliphatic rings. The van der Waals surface area contributed by atoms with Crippen molar-refractivity contribution in [3.8, 4) is 0 Å². The highest BCUT2D eigenvalue weighted by atomic mass is 16.7. The van der Waals surface area contributed by atoms with Gasteiger partial charge in [0.1, 0.15) is 30.2 Å². The molecule has 0 unspecified atom stereocenters. The first-order chi connectivity index (χ1) is 21.7. The summed E-state index contributed by atoms with van der Waals surface area (Å²) in [7, 11) is 0. The molecule has 10 heteroatoms. The van der Waals surface area contributed by atoms with Crippen molar-refractivity contribution in [2.75, 3.05) is 13.2 Å². The number of Topliss-reactive ketones (excluding diaryl/α,β-unsaturated/α-hetero) is 1. The normalized spacial score (nSPS) is 46.4. The van der Waals surface area contributed by atoms with Crippen molar-refractivity contribution < 1.29 is 48.0 Å². The third-order valence-electron chi connectivity index (χ3n) is 13.4. The van der Waals surface area contributed by atoms with Crippen molar-refractivity contribution in [1.29, 1.82) is 0 Å². The number of fused-ring (bicyclic) bond motifs is 1. The number of carbonyl (C=O) groups is 3. The number of carbonyl (C=O) groups excluding carboxylic acids is 3. The predicted octanol–water partition coefficient (Wildman–Crippen LogP) is 4.48. The van der Waals surface area contributed by atoms with E-state index in [1.165, 1.54) is 0 Å². The highest BCUT2D eigenvalue weighted by Gasteiger charge is 2.90. The number of hydrogen-bond donors (Lipinski definition) is 2. The Kier molecular flexibility index (Phi) is 7.45. The van der Waals surface area contributed by atoms with Crippen LogP contribution in [0.3, 0.4) is 0 Å². The Morgan fingerprint density at radius 2 is 1.83 bits per heavy atom. The molecule has 1 aromatic rings. The van der Waals surface area contributed by atoms with Crippen LogP contribution in [0.5, 0.6) is 0 Å². The van der Waals surface area contributed by atoms with Crippen molar-refractivity contribution in [2.45, 2.75) is 129 Å². The Morgan fingerprint density at radius 1 is 1.07 bits per heavy atom. The van der Waals surface area contributed by atoms with Crippen LogP contribution in [-0.4, -0.2) is 70.7 Å². The molecule has 2 N–H and O–H groups in total. The number of cyclic esters (lactones) is 2. The molecule has 4 aliphatic heterocycles. The zero-order valence-electron chi connectivity index (χ0n) is 28.0. The summed E-state index contributed by atoms with van der Waals surface area (Å²) >= 11 is 0. The lowest BCUT2D eigenvalue weighted by Gasteiger charge is -2.66. The number of epoxide rings is 1. The van der Waals surface area contributed by atoms with E-state index in [1.807, 2.05) is 19.9 Å². The highest BCUT2D eigenvalue weighted by molar-refractivity contribution is 5.92. The number of hydrogen-bond acceptors (Lipinski definition) is 10. The molecule has 0 radical (unpaired) electrons. The Morgan fingerprint density at radius 3 is 2.52 bits per heavy atom. The first kappa shape index (κ1) is 32.3. The van der Waals surface area contributed by atoms with Crippen LogP contribution < -0.4 is 0 Å². The molecule has 0 bridgehead atoms. The topological polar surface area (TPSA) is 145 Å². The molecule has 7 rings (SSSR count). The van der Waals surface area contributed by atoms with Gasteiger partial charge in [-0.2, -0.15) is 0 Å². The smallest absolute Gasteiger partial charge is 0.339 e. The quantitative estimate of drug-likeness (QED) is 0.292. The van der Waals surface area contributed by atoms with E-state index in [0.717, 1.165) is 24.8 Å². The lowest BCUT2D eigenvalue weighted by atomic mass is 9.36. The van der Waals surface area contributed by atoms with Gasteiger partial charge in [0.15, 0.2) is 11.9 Å². The molecule has 2 saturated carbocycles. The fourth-order valence-corrected chi connectivity index (χ4v) is 11.4. The molecule has 2 spiro atoms. The average Bonchev–Trinajstić information content (AvgIpc) is 3.56. The van der Waals surface area contributed by atoms with E-state index in [-0.39, 0.29) is 43.2 Å². The first-order valence-electron chi connectivity index (χ1n) is 17.4. The molecule has 4 saturated heterocycles. The monoisotopic (exact) mass is 642 g/mol. The van der Waals surface area contributed by atoms with E-state index in [1.54, 1.807) is 6.26 Å². The molecule has 0 aromatic carbocycles. The van der Waals surface area contributed by atoms with Crippen molar-refractivity contribution >= 4 is 17.7 Å². The Balaban J connectivity index is 1.33. The molecule has 46 heavy (non-hydrogen) atoms. The maximum Gasteiger partial charge on any atom is 0.339 e. The third-order valence-corrected chi connectivity index (χ3v) is 13.4. The second-order valence-electron chi connectivity index (χ2n) is 16.2. The molecule has 6 fully saturated rings. The third kappa shape index (κ3) is 3.93. The highest BCUT2D eigenvalue weighted by Crippen LogP contribution is 2.80. The van der Waals surface area contributed by atoms with Gasteiger partial charge < -0.3 is 33.6 Å². The van der Waals surface area contributed by atoms with Crippen molar-refractivity contribution in [1.82, 2.24) is 0 Å². The minimum Gasteiger partial charge on any atom is -0.469 e. The summed E-state index contributed by atoms with van der Waals surface area (Å²) in [4.78, 5) is 41.3. The minimum absolute atomic E-state index is 0.00118. The molecule has 254 valence electrons. The van der Waals surface area contributed by atoms with Crippen LogP contribution in [-0.2, 0) is 39.8 Å². The van der Waals surface area contributed by atoms with Crippen LogP contribution in [0.15, 0.2) is 16.7 Å². The molecule has 0 amide bonds. The van der Waals surface area contributed by atoms with Crippen LogP contribution in [0.4, 0.5) is 0 Å². The van der Waals surface area contributed by atoms with Crippen LogP contribution in [0, 0.1) is 39.9 Å². The van der Waals surface area contributed by atoms with Gasteiger partial charge in [0, 0.05) is 34.8 Å². The predicted molar refractivity (Wildman–Crippen MR) is 163 cm³/mol. The summed E-state index contributed by atoms with van der Waals surface area (Å²) in [6, 6.07) is 1.84. The second-order valence-corrected chi connectivity index (χ2v) is 16.2. The van der Waals surface area contributed by atoms with Crippen LogP contribution >= 0.6 is 0 Å². The van der Waals surface area contributed by atoms with E-state index >= 15 is 0 Å². The number of furan rings is 1. The zero-order chi connectivity index (χ0) is 33.0. The number of aliphatic hydroxyl groups is 2. The van der Waals surface area contributed by atoms with Gasteiger partial charge in [-0.3, -0.25) is 9.59 Å². The number of aliphatic hydroxyl groups excluding tert-OH is 2. The lowest BCUT2D eigenvalue weighted by Crippen LogP contribution is -2.76. The van der Waals surface area contributed by atoms with Crippen molar-refractivity contribution in [3.63, 3.8) is 0 Å². The summed E-state index contributed by atoms with van der Waals surface area (Å²) in [5.41, 5.74) is -4.18. The van der Waals surface area contributed by atoms with Gasteiger partial charge in [0.2, 0.25) is 0 Å². The van der Waals surface area contributed by atoms with Gasteiger partial charge in [0.05, 0.1) is 30.3 Å². The van der Waals surface area contributed by atoms with Gasteiger partial charge in [-0.15, -0.1) is 0 Å². The van der Waals surface area contributed by atoms with Gasteiger partial charge >= 0.3 is 11.9 Å². The van der Waals surface area contributed by atoms with Crippen LogP contribution in [0.25, 0.3) is 0 Å². The zero-order valence-corrected chi connectivity index (χ0v) is 28.0. The number of ketones is 1. The summed E-state index contributed by atoms with van der Waals surface area (Å²) in [6.45, 7) is 12.3. The van der Waals surface area contributed by atoms with Crippen molar-refractivity contribution in [3.05, 3.63) is 23.7 Å². The molecule has 2 aliphatic carbocycles. The van der Waals surface area contributed by atoms with E-state index < -0.39 is 63.8 Å². The van der Waals surface area contributed by atoms with Crippen LogP contribution in [0.1, 0.15) is 104 Å². The summed E-state index contributed by atoms with van der Waals surface area (Å²) in [5.74, 6) is -1.12. The van der Waals surface area contributed by atoms with E-state index in [0.29, 0.717) is 37.4 Å². The Bertz CT molecular complexity index is 1420. The summed E-state index contributed by atoms with van der Waals surface area (Å²) in [6.07, 6.45) is 2.89. The fourth-order valence-electron chi connectivity index (χ4n) is 11.4. The van der Waals surface area contributed by atoms with Crippen LogP contribution in [0.2, 0.25) is 0 Å². The van der Waals surface area contributed by atoms with E-state index in [9.17, 15) is 24.6 Å². The Labute approximate surface area is 270 Å². The Hall–Kier alpha value is -2.27. The van der Waals surface area contributed by atoms with E-state index in [4.69, 9.17) is 23.4 Å². The first-order valence-corrected chi connectivity index (χ1v) is 17.4. The number of rotatable bonds is 9. The summed E-state index contributed by atoms with van der Waals surface area (Å²) in [5, 5.41) is 22.4. The average molecular weight is 643 g/mol. The fraction of sp³-hybridized carbons (Fsp3) is 0.806. The number of esters is 2.